The van der Waals surface area contributed by atoms with Crippen LogP contribution in [0.5, 0.6) is 0 Å². The Kier molecular flexibility index (Phi) is 2.45. The molecule has 0 bridgehead atoms. The molecule has 0 saturated carbocycles. The first-order valence-corrected chi connectivity index (χ1v) is 5.34. The van der Waals surface area contributed by atoms with E-state index in [0.29, 0.717) is 11.4 Å². The molecule has 0 unspecified atom stereocenters. The Hall–Kier alpha value is -2.76. The summed E-state index contributed by atoms with van der Waals surface area (Å²) in [5.41, 5.74) is 1.10. The minimum Gasteiger partial charge on any atom is -0.425 e. The lowest BCUT2D eigenvalue weighted by Crippen LogP contribution is -1.99. The SMILES string of the molecule is On1c(-c2ccccn2)nnc1-c1ccccn1. The Bertz CT molecular complexity index is 594. The molecule has 3 heterocycles. The molecular weight excluding hydrogens is 230 g/mol. The molecule has 0 aliphatic rings. The van der Waals surface area contributed by atoms with Crippen LogP contribution in [0.3, 0.4) is 0 Å². The van der Waals surface area contributed by atoms with Crippen molar-refractivity contribution < 1.29 is 5.21 Å². The van der Waals surface area contributed by atoms with E-state index in [4.69, 9.17) is 0 Å². The lowest BCUT2D eigenvalue weighted by molar-refractivity contribution is 0.194. The zero-order valence-electron chi connectivity index (χ0n) is 9.30. The van der Waals surface area contributed by atoms with Crippen molar-refractivity contribution in [1.29, 1.82) is 0 Å². The van der Waals surface area contributed by atoms with E-state index in [1.807, 2.05) is 12.1 Å². The summed E-state index contributed by atoms with van der Waals surface area (Å²) >= 11 is 0. The second-order valence-electron chi connectivity index (χ2n) is 3.59. The first kappa shape index (κ1) is 10.4. The maximum Gasteiger partial charge on any atom is 0.218 e. The summed E-state index contributed by atoms with van der Waals surface area (Å²) in [5, 5.41) is 17.9. The van der Waals surface area contributed by atoms with Gasteiger partial charge in [-0.3, -0.25) is 9.97 Å². The van der Waals surface area contributed by atoms with Gasteiger partial charge in [0.05, 0.1) is 0 Å². The predicted molar refractivity (Wildman–Crippen MR) is 63.7 cm³/mol. The molecule has 3 aromatic rings. The van der Waals surface area contributed by atoms with Crippen molar-refractivity contribution in [1.82, 2.24) is 24.9 Å². The highest BCUT2D eigenvalue weighted by molar-refractivity contribution is 5.56. The van der Waals surface area contributed by atoms with Crippen molar-refractivity contribution in [2.45, 2.75) is 0 Å². The lowest BCUT2D eigenvalue weighted by Gasteiger charge is -2.00. The third kappa shape index (κ3) is 1.69. The third-order valence-corrected chi connectivity index (χ3v) is 2.43. The molecule has 0 spiro atoms. The smallest absolute Gasteiger partial charge is 0.218 e. The fraction of sp³-hybridized carbons (Fsp3) is 0. The van der Waals surface area contributed by atoms with Crippen LogP contribution < -0.4 is 0 Å². The predicted octanol–water partition coefficient (Wildman–Crippen LogP) is 1.64. The summed E-state index contributed by atoms with van der Waals surface area (Å²) in [4.78, 5) is 8.23. The van der Waals surface area contributed by atoms with Gasteiger partial charge in [0, 0.05) is 12.4 Å². The van der Waals surface area contributed by atoms with Gasteiger partial charge in [0.2, 0.25) is 11.6 Å². The molecule has 1 N–H and O–H groups in total. The number of aromatic nitrogens is 5. The van der Waals surface area contributed by atoms with E-state index in [2.05, 4.69) is 20.2 Å². The van der Waals surface area contributed by atoms with Crippen LogP contribution in [-0.2, 0) is 0 Å². The van der Waals surface area contributed by atoms with Crippen LogP contribution in [0.4, 0.5) is 0 Å². The quantitative estimate of drug-likeness (QED) is 0.688. The van der Waals surface area contributed by atoms with Crippen molar-refractivity contribution in [2.75, 3.05) is 0 Å². The molecule has 3 rings (SSSR count). The van der Waals surface area contributed by atoms with E-state index in [-0.39, 0.29) is 11.6 Å². The van der Waals surface area contributed by atoms with E-state index in [1.54, 1.807) is 36.7 Å². The maximum absolute atomic E-state index is 10.0. The van der Waals surface area contributed by atoms with Crippen LogP contribution in [0.25, 0.3) is 23.0 Å². The monoisotopic (exact) mass is 239 g/mol. The zero-order chi connectivity index (χ0) is 12.4. The minimum atomic E-state index is 0.288. The summed E-state index contributed by atoms with van der Waals surface area (Å²) in [5.74, 6) is 0.576. The van der Waals surface area contributed by atoms with Gasteiger partial charge in [-0.15, -0.1) is 14.9 Å². The van der Waals surface area contributed by atoms with Crippen molar-refractivity contribution in [3.63, 3.8) is 0 Å². The summed E-state index contributed by atoms with van der Waals surface area (Å²) in [6.07, 6.45) is 3.26. The summed E-state index contributed by atoms with van der Waals surface area (Å²) < 4.78 is 0.894. The zero-order valence-corrected chi connectivity index (χ0v) is 9.30. The average Bonchev–Trinajstić information content (AvgIpc) is 2.83. The van der Waals surface area contributed by atoms with E-state index in [1.165, 1.54) is 0 Å². The third-order valence-electron chi connectivity index (χ3n) is 2.43. The van der Waals surface area contributed by atoms with Crippen LogP contribution in [0.2, 0.25) is 0 Å². The molecule has 3 aromatic heterocycles. The van der Waals surface area contributed by atoms with Gasteiger partial charge in [0.15, 0.2) is 0 Å². The molecule has 6 heteroatoms. The number of rotatable bonds is 2. The summed E-state index contributed by atoms with van der Waals surface area (Å²) in [7, 11) is 0. The number of nitrogens with zero attached hydrogens (tertiary/aromatic N) is 5. The minimum absolute atomic E-state index is 0.288. The van der Waals surface area contributed by atoms with Gasteiger partial charge in [-0.2, -0.15) is 0 Å². The molecule has 6 nitrogen and oxygen atoms in total. The van der Waals surface area contributed by atoms with Gasteiger partial charge in [-0.05, 0) is 24.3 Å². The van der Waals surface area contributed by atoms with E-state index in [9.17, 15) is 5.21 Å². The molecule has 0 atom stereocenters. The van der Waals surface area contributed by atoms with Gasteiger partial charge in [-0.25, -0.2) is 0 Å². The highest BCUT2D eigenvalue weighted by atomic mass is 16.5. The lowest BCUT2D eigenvalue weighted by atomic mass is 10.3. The highest BCUT2D eigenvalue weighted by Crippen LogP contribution is 2.19. The Balaban J connectivity index is 2.09. The van der Waals surface area contributed by atoms with Crippen LogP contribution in [0, 0.1) is 0 Å². The van der Waals surface area contributed by atoms with E-state index < -0.39 is 0 Å². The van der Waals surface area contributed by atoms with Crippen molar-refractivity contribution in [3.8, 4) is 23.0 Å². The van der Waals surface area contributed by atoms with Gasteiger partial charge in [0.1, 0.15) is 11.4 Å². The van der Waals surface area contributed by atoms with E-state index >= 15 is 0 Å². The van der Waals surface area contributed by atoms with E-state index in [0.717, 1.165) is 4.73 Å². The molecular formula is C12H9N5O. The molecule has 0 aliphatic carbocycles. The number of hydrogen-bond acceptors (Lipinski definition) is 5. The summed E-state index contributed by atoms with van der Waals surface area (Å²) in [6.45, 7) is 0. The maximum atomic E-state index is 10.0. The molecule has 18 heavy (non-hydrogen) atoms. The van der Waals surface area contributed by atoms with Gasteiger partial charge >= 0.3 is 0 Å². The average molecular weight is 239 g/mol. The van der Waals surface area contributed by atoms with Crippen LogP contribution in [0.15, 0.2) is 48.8 Å². The molecule has 0 radical (unpaired) electrons. The van der Waals surface area contributed by atoms with Crippen LogP contribution in [-0.4, -0.2) is 30.1 Å². The number of hydrogen-bond donors (Lipinski definition) is 1. The van der Waals surface area contributed by atoms with Crippen LogP contribution in [0.1, 0.15) is 0 Å². The standard InChI is InChI=1S/C12H9N5O/c18-17-11(9-5-1-3-7-13-9)15-16-12(17)10-6-2-4-8-14-10/h1-8,18H. The molecule has 0 aromatic carbocycles. The molecule has 0 saturated heterocycles. The molecule has 0 fully saturated rings. The second-order valence-corrected chi connectivity index (χ2v) is 3.59. The van der Waals surface area contributed by atoms with Gasteiger partial charge < -0.3 is 5.21 Å². The Morgan fingerprint density at radius 3 is 1.67 bits per heavy atom. The second kappa shape index (κ2) is 4.25. The number of pyridine rings is 2. The first-order valence-electron chi connectivity index (χ1n) is 5.34. The first-order chi connectivity index (χ1) is 8.86. The normalized spacial score (nSPS) is 10.4. The Morgan fingerprint density at radius 1 is 0.778 bits per heavy atom. The highest BCUT2D eigenvalue weighted by Gasteiger charge is 2.15. The largest absolute Gasteiger partial charge is 0.425 e. The Labute approximate surface area is 103 Å². The van der Waals surface area contributed by atoms with Crippen LogP contribution >= 0.6 is 0 Å². The van der Waals surface area contributed by atoms with Crippen molar-refractivity contribution in [3.05, 3.63) is 48.8 Å². The fourth-order valence-corrected chi connectivity index (χ4v) is 1.59. The van der Waals surface area contributed by atoms with Crippen molar-refractivity contribution >= 4 is 0 Å². The molecule has 0 aliphatic heterocycles. The van der Waals surface area contributed by atoms with Gasteiger partial charge in [-0.1, -0.05) is 12.1 Å². The topological polar surface area (TPSA) is 76.7 Å². The molecule has 88 valence electrons. The molecule has 0 amide bonds. The summed E-state index contributed by atoms with van der Waals surface area (Å²) in [6, 6.07) is 10.7. The Morgan fingerprint density at radius 2 is 1.28 bits per heavy atom. The van der Waals surface area contributed by atoms with Gasteiger partial charge in [0.25, 0.3) is 0 Å². The fourth-order valence-electron chi connectivity index (χ4n) is 1.59. The van der Waals surface area contributed by atoms with Crippen molar-refractivity contribution in [2.24, 2.45) is 0 Å².